The van der Waals surface area contributed by atoms with Crippen molar-refractivity contribution in [1.82, 2.24) is 15.1 Å². The number of amides is 1. The largest absolute Gasteiger partial charge is 0.346 e. The zero-order valence-corrected chi connectivity index (χ0v) is 10.5. The van der Waals surface area contributed by atoms with E-state index in [0.717, 1.165) is 23.9 Å². The molecule has 0 unspecified atom stereocenters. The number of carbonyl (C=O) groups is 1. The van der Waals surface area contributed by atoms with Gasteiger partial charge in [0.25, 0.3) is 5.91 Å². The lowest BCUT2D eigenvalue weighted by Crippen LogP contribution is -2.38. The summed E-state index contributed by atoms with van der Waals surface area (Å²) in [5, 5.41) is 8.03. The highest BCUT2D eigenvalue weighted by molar-refractivity contribution is 9.09. The number of hydrogen-bond donors (Lipinski definition) is 1. The predicted molar refractivity (Wildman–Crippen MR) is 61.2 cm³/mol. The Kier molecular flexibility index (Phi) is 2.58. The van der Waals surface area contributed by atoms with Crippen LogP contribution in [0.3, 0.4) is 0 Å². The van der Waals surface area contributed by atoms with Gasteiger partial charge in [0, 0.05) is 18.6 Å². The van der Waals surface area contributed by atoms with Crippen LogP contribution in [0.4, 0.5) is 0 Å². The second-order valence-electron chi connectivity index (χ2n) is 4.17. The predicted octanol–water partition coefficient (Wildman–Crippen LogP) is 1.39. The Balaban J connectivity index is 2.11. The van der Waals surface area contributed by atoms with Gasteiger partial charge in [-0.2, -0.15) is 5.10 Å². The van der Waals surface area contributed by atoms with Gasteiger partial charge in [-0.05, 0) is 19.8 Å². The third-order valence-electron chi connectivity index (χ3n) is 2.75. The standard InChI is InChI=1S/C10H14BrN3O/c1-7-8(5-14(2)13-7)9(15)12-10(6-11)3-4-10/h5H,3-4,6H2,1-2H3,(H,12,15). The van der Waals surface area contributed by atoms with E-state index in [-0.39, 0.29) is 11.4 Å². The Labute approximate surface area is 97.2 Å². The van der Waals surface area contributed by atoms with Crippen molar-refractivity contribution in [1.29, 1.82) is 0 Å². The van der Waals surface area contributed by atoms with Crippen molar-refractivity contribution in [3.8, 4) is 0 Å². The van der Waals surface area contributed by atoms with Gasteiger partial charge >= 0.3 is 0 Å². The SMILES string of the molecule is Cc1nn(C)cc1C(=O)NC1(CBr)CC1. The summed E-state index contributed by atoms with van der Waals surface area (Å²) in [7, 11) is 1.82. The van der Waals surface area contributed by atoms with Gasteiger partial charge in [-0.1, -0.05) is 15.9 Å². The van der Waals surface area contributed by atoms with E-state index in [1.54, 1.807) is 10.9 Å². The number of nitrogens with one attached hydrogen (secondary N) is 1. The van der Waals surface area contributed by atoms with Gasteiger partial charge in [0.15, 0.2) is 0 Å². The topological polar surface area (TPSA) is 46.9 Å². The van der Waals surface area contributed by atoms with Gasteiger partial charge in [0.2, 0.25) is 0 Å². The van der Waals surface area contributed by atoms with Gasteiger partial charge < -0.3 is 5.32 Å². The van der Waals surface area contributed by atoms with Crippen LogP contribution in [0.5, 0.6) is 0 Å². The highest BCUT2D eigenvalue weighted by Crippen LogP contribution is 2.37. The first-order chi connectivity index (χ1) is 7.06. The number of halogens is 1. The van der Waals surface area contributed by atoms with Crippen LogP contribution in [0.2, 0.25) is 0 Å². The van der Waals surface area contributed by atoms with Crippen molar-refractivity contribution in [3.63, 3.8) is 0 Å². The average molecular weight is 272 g/mol. The summed E-state index contributed by atoms with van der Waals surface area (Å²) in [5.74, 6) is -0.0162. The Morgan fingerprint density at radius 3 is 2.80 bits per heavy atom. The lowest BCUT2D eigenvalue weighted by Gasteiger charge is -2.13. The summed E-state index contributed by atoms with van der Waals surface area (Å²) in [6.07, 6.45) is 3.88. The summed E-state index contributed by atoms with van der Waals surface area (Å²) in [6, 6.07) is 0. The number of aromatic nitrogens is 2. The molecule has 2 rings (SSSR count). The molecule has 1 heterocycles. The van der Waals surface area contributed by atoms with E-state index >= 15 is 0 Å². The maximum Gasteiger partial charge on any atom is 0.255 e. The van der Waals surface area contributed by atoms with Crippen molar-refractivity contribution < 1.29 is 4.79 Å². The number of nitrogens with zero attached hydrogens (tertiary/aromatic N) is 2. The summed E-state index contributed by atoms with van der Waals surface area (Å²) in [5.41, 5.74) is 1.45. The van der Waals surface area contributed by atoms with E-state index < -0.39 is 0 Å². The van der Waals surface area contributed by atoms with Crippen LogP contribution in [0, 0.1) is 6.92 Å². The number of alkyl halides is 1. The van der Waals surface area contributed by atoms with Gasteiger partial charge in [0.1, 0.15) is 0 Å². The second kappa shape index (κ2) is 3.63. The van der Waals surface area contributed by atoms with Gasteiger partial charge in [-0.3, -0.25) is 9.48 Å². The zero-order valence-electron chi connectivity index (χ0n) is 8.88. The summed E-state index contributed by atoms with van der Waals surface area (Å²) >= 11 is 3.42. The van der Waals surface area contributed by atoms with Gasteiger partial charge in [0.05, 0.1) is 16.8 Å². The highest BCUT2D eigenvalue weighted by Gasteiger charge is 2.43. The van der Waals surface area contributed by atoms with Crippen LogP contribution in [0.1, 0.15) is 28.9 Å². The number of aryl methyl sites for hydroxylation is 2. The van der Waals surface area contributed by atoms with Crippen molar-refractivity contribution in [2.24, 2.45) is 7.05 Å². The Morgan fingerprint density at radius 1 is 1.73 bits per heavy atom. The highest BCUT2D eigenvalue weighted by atomic mass is 79.9. The molecule has 0 aliphatic heterocycles. The molecule has 0 bridgehead atoms. The van der Waals surface area contributed by atoms with Crippen molar-refractivity contribution in [2.45, 2.75) is 25.3 Å². The molecule has 1 saturated carbocycles. The fourth-order valence-electron chi connectivity index (χ4n) is 1.57. The van der Waals surface area contributed by atoms with E-state index in [2.05, 4.69) is 26.3 Å². The lowest BCUT2D eigenvalue weighted by atomic mass is 10.2. The second-order valence-corrected chi connectivity index (χ2v) is 4.73. The van der Waals surface area contributed by atoms with E-state index in [1.165, 1.54) is 0 Å². The molecule has 0 spiro atoms. The minimum Gasteiger partial charge on any atom is -0.346 e. The van der Waals surface area contributed by atoms with Crippen LogP contribution in [0.15, 0.2) is 6.20 Å². The van der Waals surface area contributed by atoms with Crippen LogP contribution in [0.25, 0.3) is 0 Å². The molecule has 0 atom stereocenters. The van der Waals surface area contributed by atoms with Gasteiger partial charge in [-0.15, -0.1) is 0 Å². The van der Waals surface area contributed by atoms with Crippen molar-refractivity contribution in [3.05, 3.63) is 17.5 Å². The number of carbonyl (C=O) groups excluding carboxylic acids is 1. The molecule has 1 amide bonds. The third-order valence-corrected chi connectivity index (χ3v) is 3.82. The van der Waals surface area contributed by atoms with E-state index in [1.807, 2.05) is 14.0 Å². The summed E-state index contributed by atoms with van der Waals surface area (Å²) in [4.78, 5) is 11.9. The summed E-state index contributed by atoms with van der Waals surface area (Å²) < 4.78 is 1.66. The van der Waals surface area contributed by atoms with Crippen LogP contribution in [-0.2, 0) is 7.05 Å². The van der Waals surface area contributed by atoms with Crippen molar-refractivity contribution >= 4 is 21.8 Å². The maximum atomic E-state index is 11.9. The molecule has 4 nitrogen and oxygen atoms in total. The van der Waals surface area contributed by atoms with Crippen molar-refractivity contribution in [2.75, 3.05) is 5.33 Å². The molecule has 1 aliphatic carbocycles. The molecule has 5 heteroatoms. The minimum absolute atomic E-state index is 0.000630. The molecular weight excluding hydrogens is 258 g/mol. The Hall–Kier alpha value is -0.840. The van der Waals surface area contributed by atoms with Crippen LogP contribution in [-0.4, -0.2) is 26.6 Å². The molecule has 1 aromatic heterocycles. The zero-order chi connectivity index (χ0) is 11.1. The summed E-state index contributed by atoms with van der Waals surface area (Å²) in [6.45, 7) is 1.85. The van der Waals surface area contributed by atoms with E-state index in [4.69, 9.17) is 0 Å². The molecule has 0 aromatic carbocycles. The van der Waals surface area contributed by atoms with Crippen LogP contribution < -0.4 is 5.32 Å². The normalized spacial score (nSPS) is 17.5. The molecule has 1 aliphatic rings. The maximum absolute atomic E-state index is 11.9. The molecule has 1 aromatic rings. The average Bonchev–Trinajstić information content (AvgIpc) is 2.86. The monoisotopic (exact) mass is 271 g/mol. The smallest absolute Gasteiger partial charge is 0.255 e. The first-order valence-electron chi connectivity index (χ1n) is 4.95. The Bertz CT molecular complexity index is 395. The fraction of sp³-hybridized carbons (Fsp3) is 0.600. The quantitative estimate of drug-likeness (QED) is 0.845. The minimum atomic E-state index is -0.0162. The first-order valence-corrected chi connectivity index (χ1v) is 6.07. The molecule has 0 radical (unpaired) electrons. The number of rotatable bonds is 3. The number of hydrogen-bond acceptors (Lipinski definition) is 2. The Morgan fingerprint density at radius 2 is 2.40 bits per heavy atom. The van der Waals surface area contributed by atoms with E-state index in [0.29, 0.717) is 5.56 Å². The molecule has 15 heavy (non-hydrogen) atoms. The molecule has 1 fully saturated rings. The lowest BCUT2D eigenvalue weighted by molar-refractivity contribution is 0.0936. The first kappa shape index (κ1) is 10.7. The molecule has 82 valence electrons. The van der Waals surface area contributed by atoms with E-state index in [9.17, 15) is 4.79 Å². The fourth-order valence-corrected chi connectivity index (χ4v) is 2.27. The molecule has 0 saturated heterocycles. The third kappa shape index (κ3) is 2.07. The van der Waals surface area contributed by atoms with Gasteiger partial charge in [-0.25, -0.2) is 0 Å². The molecule has 1 N–H and O–H groups in total. The molecular formula is C10H14BrN3O. The van der Waals surface area contributed by atoms with Crippen LogP contribution >= 0.6 is 15.9 Å².